The second-order valence-corrected chi connectivity index (χ2v) is 0. The number of hydrogen-bond donors (Lipinski definition) is 0. The molecule has 0 spiro atoms. The van der Waals surface area contributed by atoms with E-state index in [1.54, 1.807) is 0 Å². The van der Waals surface area contributed by atoms with Crippen molar-refractivity contribution in [2.24, 2.45) is 0 Å². The fourth-order valence-corrected chi connectivity index (χ4v) is 0. The van der Waals surface area contributed by atoms with Crippen LogP contribution in [0.4, 0.5) is 0 Å². The molecule has 0 atom stereocenters. The van der Waals surface area contributed by atoms with Gasteiger partial charge in [0.25, 0.3) is 0 Å². The van der Waals surface area contributed by atoms with Crippen molar-refractivity contribution in [1.82, 2.24) is 0 Å². The topological polar surface area (TPSA) is 17.1 Å². The molecule has 0 saturated carbocycles. The molecule has 0 N–H and O–H groups in total. The van der Waals surface area contributed by atoms with Gasteiger partial charge in [-0.15, -0.1) is 0 Å². The predicted octanol–water partition coefficient (Wildman–Crippen LogP) is -1.42. The zero-order valence-electron chi connectivity index (χ0n) is 0.742. The van der Waals surface area contributed by atoms with Gasteiger partial charge < -0.3 is 0 Å². The minimum absolute atomic E-state index is 0. The first kappa shape index (κ1) is 16.0. The summed E-state index contributed by atoms with van der Waals surface area (Å²) in [4.78, 5) is 0. The van der Waals surface area contributed by atoms with Crippen molar-refractivity contribution in [3.8, 4) is 0 Å². The molecule has 4 heteroatoms. The molecule has 0 unspecified atom stereocenters. The Kier molecular flexibility index (Phi) is 70.9. The Balaban J connectivity index is -0.00000000500. The minimum atomic E-state index is 0. The molecule has 0 aliphatic carbocycles. The summed E-state index contributed by atoms with van der Waals surface area (Å²) < 4.78 is 7.94. The van der Waals surface area contributed by atoms with Gasteiger partial charge in [0.2, 0.25) is 0 Å². The van der Waals surface area contributed by atoms with E-state index in [1.165, 1.54) is 0 Å². The van der Waals surface area contributed by atoms with E-state index >= 15 is 0 Å². The van der Waals surface area contributed by atoms with Crippen molar-refractivity contribution in [3.05, 3.63) is 0 Å². The van der Waals surface area contributed by atoms with Gasteiger partial charge in [0.05, 0.1) is 0 Å². The van der Waals surface area contributed by atoms with Crippen LogP contribution in [0.5, 0.6) is 0 Å². The monoisotopic (exact) mass is 123 g/mol. The van der Waals surface area contributed by atoms with Gasteiger partial charge in [0.1, 0.15) is 0 Å². The van der Waals surface area contributed by atoms with Crippen LogP contribution >= 0.6 is 0 Å². The molecule has 0 heterocycles. The average Bonchev–Trinajstić information content (AvgIpc) is 1.00. The van der Waals surface area contributed by atoms with Gasteiger partial charge in [-0.2, -0.15) is 0 Å². The van der Waals surface area contributed by atoms with Crippen molar-refractivity contribution in [1.29, 1.82) is 0 Å². The van der Waals surface area contributed by atoms with E-state index in [2.05, 4.69) is 15.7 Å². The fourth-order valence-electron chi connectivity index (χ4n) is 0. The molecular weight excluding hydrogens is 121 g/mol. The van der Waals surface area contributed by atoms with Crippen molar-refractivity contribution in [2.75, 3.05) is 0 Å². The molecule has 1 nitrogen and oxygen atoms in total. The molecule has 0 aliphatic heterocycles. The van der Waals surface area contributed by atoms with E-state index < -0.39 is 0 Å². The van der Waals surface area contributed by atoms with Crippen LogP contribution in [0.1, 0.15) is 0 Å². The predicted molar refractivity (Wildman–Crippen MR) is 15.0 cm³/mol. The first-order valence-corrected chi connectivity index (χ1v) is 0.561. The van der Waals surface area contributed by atoms with Crippen LogP contribution in [0.25, 0.3) is 0 Å². The van der Waals surface area contributed by atoms with Crippen LogP contribution in [0.15, 0.2) is 0 Å². The summed E-state index contributed by atoms with van der Waals surface area (Å²) in [6.07, 6.45) is 0. The normalized spacial score (nSPS) is 1.25. The molecule has 0 aromatic rings. The van der Waals surface area contributed by atoms with Gasteiger partial charge >= 0.3 is 89.8 Å². The maximum atomic E-state index is 7.94. The van der Waals surface area contributed by atoms with Crippen molar-refractivity contribution in [2.45, 2.75) is 0 Å². The molecule has 0 radical (unpaired) electrons. The Morgan fingerprint density at radius 3 is 1.25 bits per heavy atom. The molecule has 0 rings (SSSR count). The van der Waals surface area contributed by atoms with Crippen LogP contribution < -0.4 is 0 Å². The Morgan fingerprint density at radius 1 is 1.25 bits per heavy atom. The summed E-state index contributed by atoms with van der Waals surface area (Å²) >= 11 is 2.31. The maximum absolute atomic E-state index is 7.94. The van der Waals surface area contributed by atoms with Crippen LogP contribution in [-0.4, -0.2) is 70.2 Å². The first-order valence-electron chi connectivity index (χ1n) is 0.136. The zero-order chi connectivity index (χ0) is 2.00. The van der Waals surface area contributed by atoms with E-state index in [9.17, 15) is 0 Å². The molecule has 4 heavy (non-hydrogen) atoms. The Labute approximate surface area is 87.7 Å². The van der Waals surface area contributed by atoms with Gasteiger partial charge in [0, 0.05) is 0 Å². The van der Waals surface area contributed by atoms with Gasteiger partial charge in [-0.1, -0.05) is 0 Å². The van der Waals surface area contributed by atoms with Crippen LogP contribution in [0, 0.1) is 0 Å². The summed E-state index contributed by atoms with van der Waals surface area (Å²) in [7, 11) is 0. The summed E-state index contributed by atoms with van der Waals surface area (Å²) in [5, 5.41) is 0. The van der Waals surface area contributed by atoms with Crippen LogP contribution in [-0.2, 0) is 19.5 Å². The first-order chi connectivity index (χ1) is 1.00. The van der Waals surface area contributed by atoms with Crippen molar-refractivity contribution >= 4 is 70.2 Å². The van der Waals surface area contributed by atoms with E-state index in [1.807, 2.05) is 0 Å². The van der Waals surface area contributed by atoms with E-state index in [4.69, 9.17) is 3.87 Å². The Morgan fingerprint density at radius 2 is 1.25 bits per heavy atom. The van der Waals surface area contributed by atoms with Gasteiger partial charge in [-0.3, -0.25) is 0 Å². The average molecular weight is 123 g/mol. The SMILES string of the molecule is [KH].[LiH].[O]=[Co]. The zero-order valence-corrected chi connectivity index (χ0v) is 1.78. The fraction of sp³-hybridized carbons (Fsp3) is 0. The molecule has 0 saturated heterocycles. The number of hydrogen-bond acceptors (Lipinski definition) is 1. The molecule has 0 fully saturated rings. The van der Waals surface area contributed by atoms with Crippen molar-refractivity contribution in [3.63, 3.8) is 0 Å². The third-order valence-corrected chi connectivity index (χ3v) is 0. The molecule has 0 aliphatic rings. The van der Waals surface area contributed by atoms with Crippen LogP contribution in [0.2, 0.25) is 0 Å². The summed E-state index contributed by atoms with van der Waals surface area (Å²) in [6.45, 7) is 0. The second-order valence-electron chi connectivity index (χ2n) is 0. The summed E-state index contributed by atoms with van der Waals surface area (Å²) in [6, 6.07) is 0. The second kappa shape index (κ2) is 17.7. The van der Waals surface area contributed by atoms with Crippen molar-refractivity contribution < 1.29 is 19.5 Å². The molecular formula is H2CoKLiO. The van der Waals surface area contributed by atoms with E-state index in [0.717, 1.165) is 0 Å². The molecule has 0 bridgehead atoms. The van der Waals surface area contributed by atoms with Gasteiger partial charge in [0.15, 0.2) is 0 Å². The molecule has 0 aromatic heterocycles. The summed E-state index contributed by atoms with van der Waals surface area (Å²) in [5.41, 5.74) is 0. The quantitative estimate of drug-likeness (QED) is 0.361. The number of rotatable bonds is 0. The van der Waals surface area contributed by atoms with Crippen LogP contribution in [0.3, 0.4) is 0 Å². The molecule has 0 amide bonds. The Bertz CT molecular complexity index is 8.00. The summed E-state index contributed by atoms with van der Waals surface area (Å²) in [5.74, 6) is 0. The Hall–Kier alpha value is 2.54. The molecule has 19 valence electrons. The van der Waals surface area contributed by atoms with Gasteiger partial charge in [-0.25, -0.2) is 0 Å². The van der Waals surface area contributed by atoms with E-state index in [-0.39, 0.29) is 70.2 Å². The standard InChI is InChI=1S/Co.K.Li.O.2H. The third-order valence-electron chi connectivity index (χ3n) is 0. The third kappa shape index (κ3) is 8.82. The van der Waals surface area contributed by atoms with E-state index in [0.29, 0.717) is 0 Å². The molecule has 0 aromatic carbocycles. The van der Waals surface area contributed by atoms with Gasteiger partial charge in [-0.05, 0) is 0 Å².